The molecule has 0 aliphatic heterocycles. The number of hydrogen-bond donors (Lipinski definition) is 0. The highest BCUT2D eigenvalue weighted by Crippen LogP contribution is 2.45. The Kier molecular flexibility index (Phi) is 4.69. The highest BCUT2D eigenvalue weighted by Gasteiger charge is 2.61. The number of hydrogen-bond acceptors (Lipinski definition) is 2. The normalized spacial score (nSPS) is 13.9. The molecule has 0 fully saturated rings. The third-order valence-electron chi connectivity index (χ3n) is 3.39. The van der Waals surface area contributed by atoms with Gasteiger partial charge in [0.05, 0.1) is 16.8 Å². The molecule has 0 N–H and O–H groups in total. The second kappa shape index (κ2) is 6.05. The molecule has 2 heterocycles. The Labute approximate surface area is 142 Å². The molecule has 0 aromatic carbocycles. The Morgan fingerprint density at radius 2 is 1.37 bits per heavy atom. The highest BCUT2D eigenvalue weighted by molar-refractivity contribution is 5.42. The van der Waals surface area contributed by atoms with E-state index in [2.05, 4.69) is 9.97 Å². The smallest absolute Gasteiger partial charge is 0.287 e. The molecule has 3 nitrogen and oxygen atoms in total. The fourth-order valence-corrected chi connectivity index (χ4v) is 2.08. The minimum Gasteiger partial charge on any atom is -0.287 e. The number of halogens is 11. The lowest BCUT2D eigenvalue weighted by Gasteiger charge is -2.19. The molecule has 14 heteroatoms. The Balaban J connectivity index is 2.70. The monoisotopic (exact) mass is 413 g/mol. The Morgan fingerprint density at radius 3 is 1.81 bits per heavy atom. The summed E-state index contributed by atoms with van der Waals surface area (Å²) in [6, 6.07) is -0.330. The summed E-state index contributed by atoms with van der Waals surface area (Å²) < 4.78 is 141. The predicted molar refractivity (Wildman–Crippen MR) is 66.0 cm³/mol. The van der Waals surface area contributed by atoms with Gasteiger partial charge in [0.1, 0.15) is 17.8 Å². The molecule has 2 aromatic heterocycles. The minimum absolute atomic E-state index is 0.00835. The molecule has 0 unspecified atom stereocenters. The van der Waals surface area contributed by atoms with Gasteiger partial charge in [0, 0.05) is 6.20 Å². The molecule has 0 atom stereocenters. The Bertz CT molecular complexity index is 843. The van der Waals surface area contributed by atoms with Gasteiger partial charge in [-0.2, -0.15) is 48.3 Å². The molecule has 0 saturated carbocycles. The van der Waals surface area contributed by atoms with E-state index in [4.69, 9.17) is 0 Å². The molecule has 2 aromatic rings. The maximum absolute atomic E-state index is 13.4. The fourth-order valence-electron chi connectivity index (χ4n) is 2.08. The van der Waals surface area contributed by atoms with E-state index in [9.17, 15) is 48.3 Å². The van der Waals surface area contributed by atoms with Gasteiger partial charge >= 0.3 is 24.5 Å². The van der Waals surface area contributed by atoms with Crippen LogP contribution in [0.5, 0.6) is 0 Å². The predicted octanol–water partition coefficient (Wildman–Crippen LogP) is 5.27. The summed E-state index contributed by atoms with van der Waals surface area (Å²) in [5.41, 5.74) is -6.74. The largest absolute Gasteiger partial charge is 0.459 e. The summed E-state index contributed by atoms with van der Waals surface area (Å²) in [6.07, 6.45) is -16.5. The molecule has 0 bridgehead atoms. The van der Waals surface area contributed by atoms with E-state index in [-0.39, 0.29) is 23.2 Å². The van der Waals surface area contributed by atoms with Gasteiger partial charge in [0.25, 0.3) is 0 Å². The number of alkyl halides is 11. The minimum atomic E-state index is -6.09. The second-order valence-electron chi connectivity index (χ2n) is 5.21. The summed E-state index contributed by atoms with van der Waals surface area (Å²) in [5, 5.41) is 0. The lowest BCUT2D eigenvalue weighted by molar-refractivity contribution is -0.291. The average molecular weight is 413 g/mol. The van der Waals surface area contributed by atoms with E-state index in [1.54, 1.807) is 0 Å². The first-order chi connectivity index (χ1) is 12.0. The van der Waals surface area contributed by atoms with Crippen molar-refractivity contribution < 1.29 is 48.3 Å². The van der Waals surface area contributed by atoms with Crippen LogP contribution in [0.3, 0.4) is 0 Å². The van der Waals surface area contributed by atoms with Crippen molar-refractivity contribution in [1.29, 1.82) is 0 Å². The van der Waals surface area contributed by atoms with E-state index >= 15 is 0 Å². The average Bonchev–Trinajstić information content (AvgIpc) is 2.85. The van der Waals surface area contributed by atoms with Crippen LogP contribution < -0.4 is 0 Å². The van der Waals surface area contributed by atoms with Gasteiger partial charge in [-0.25, -0.2) is 9.97 Å². The van der Waals surface area contributed by atoms with E-state index < -0.39 is 52.8 Å². The van der Waals surface area contributed by atoms with Crippen LogP contribution in [0, 0.1) is 6.92 Å². The molecule has 0 saturated heterocycles. The standard InChI is InChI=1S/C13H6F11N3/c1-5-8(10(14,15)13(22,23)24)26-4-27(5)9-7(12(19,20)21)2-6(3-25-9)11(16,17)18/h2-4H,1H3. The molecule has 0 aliphatic rings. The van der Waals surface area contributed by atoms with Crippen LogP contribution in [0.1, 0.15) is 22.5 Å². The molecule has 150 valence electrons. The highest BCUT2D eigenvalue weighted by atomic mass is 19.4. The van der Waals surface area contributed by atoms with Crippen LogP contribution in [0.4, 0.5) is 48.3 Å². The van der Waals surface area contributed by atoms with Gasteiger partial charge in [-0.1, -0.05) is 0 Å². The van der Waals surface area contributed by atoms with E-state index in [1.807, 2.05) is 0 Å². The summed E-state index contributed by atoms with van der Waals surface area (Å²) in [7, 11) is 0. The molecular formula is C13H6F11N3. The van der Waals surface area contributed by atoms with Crippen LogP contribution in [0.2, 0.25) is 0 Å². The molecular weight excluding hydrogens is 407 g/mol. The number of pyridine rings is 1. The zero-order chi connectivity index (χ0) is 21.0. The van der Waals surface area contributed by atoms with Crippen molar-refractivity contribution >= 4 is 0 Å². The summed E-state index contributed by atoms with van der Waals surface area (Å²) in [4.78, 5) is 5.75. The van der Waals surface area contributed by atoms with Crippen molar-refractivity contribution in [3.8, 4) is 5.82 Å². The third kappa shape index (κ3) is 3.69. The zero-order valence-corrected chi connectivity index (χ0v) is 12.7. The van der Waals surface area contributed by atoms with E-state index in [0.29, 0.717) is 6.92 Å². The molecule has 2 rings (SSSR count). The van der Waals surface area contributed by atoms with Crippen LogP contribution >= 0.6 is 0 Å². The SMILES string of the molecule is Cc1c(C(F)(F)C(F)(F)F)ncn1-c1ncc(C(F)(F)F)cc1C(F)(F)F. The number of imidazole rings is 1. The van der Waals surface area contributed by atoms with Crippen molar-refractivity contribution in [2.24, 2.45) is 0 Å². The van der Waals surface area contributed by atoms with Gasteiger partial charge < -0.3 is 0 Å². The first-order valence-electron chi connectivity index (χ1n) is 6.61. The van der Waals surface area contributed by atoms with Gasteiger partial charge in [-0.3, -0.25) is 4.57 Å². The number of rotatable bonds is 2. The van der Waals surface area contributed by atoms with Crippen molar-refractivity contribution in [3.05, 3.63) is 41.1 Å². The quantitative estimate of drug-likeness (QED) is 0.629. The summed E-state index contributed by atoms with van der Waals surface area (Å²) >= 11 is 0. The van der Waals surface area contributed by atoms with E-state index in [1.165, 1.54) is 0 Å². The Hall–Kier alpha value is -2.41. The van der Waals surface area contributed by atoms with Crippen LogP contribution in [0.15, 0.2) is 18.6 Å². The molecule has 0 spiro atoms. The summed E-state index contributed by atoms with van der Waals surface area (Å²) in [6.45, 7) is 0.599. The van der Waals surface area contributed by atoms with Gasteiger partial charge in [0.15, 0.2) is 0 Å². The molecule has 27 heavy (non-hydrogen) atoms. The topological polar surface area (TPSA) is 30.7 Å². The maximum atomic E-state index is 13.4. The van der Waals surface area contributed by atoms with Gasteiger partial charge in [-0.15, -0.1) is 0 Å². The Morgan fingerprint density at radius 1 is 0.815 bits per heavy atom. The molecule has 0 amide bonds. The molecule has 0 radical (unpaired) electrons. The second-order valence-corrected chi connectivity index (χ2v) is 5.21. The first kappa shape index (κ1) is 20.9. The van der Waals surface area contributed by atoms with Gasteiger partial charge in [-0.05, 0) is 13.0 Å². The van der Waals surface area contributed by atoms with Crippen molar-refractivity contribution in [3.63, 3.8) is 0 Å². The fraction of sp³-hybridized carbons (Fsp3) is 0.385. The lowest BCUT2D eigenvalue weighted by Crippen LogP contribution is -2.34. The van der Waals surface area contributed by atoms with Crippen LogP contribution in [-0.2, 0) is 18.3 Å². The van der Waals surface area contributed by atoms with E-state index in [0.717, 1.165) is 0 Å². The summed E-state index contributed by atoms with van der Waals surface area (Å²) in [5.74, 6) is -6.82. The van der Waals surface area contributed by atoms with Crippen LogP contribution in [-0.4, -0.2) is 20.7 Å². The maximum Gasteiger partial charge on any atom is 0.459 e. The van der Waals surface area contributed by atoms with Crippen molar-refractivity contribution in [1.82, 2.24) is 14.5 Å². The lowest BCUT2D eigenvalue weighted by atomic mass is 10.1. The van der Waals surface area contributed by atoms with Gasteiger partial charge in [0.2, 0.25) is 0 Å². The van der Waals surface area contributed by atoms with Crippen molar-refractivity contribution in [2.45, 2.75) is 31.4 Å². The van der Waals surface area contributed by atoms with Crippen molar-refractivity contribution in [2.75, 3.05) is 0 Å². The third-order valence-corrected chi connectivity index (χ3v) is 3.39. The zero-order valence-electron chi connectivity index (χ0n) is 12.7. The first-order valence-corrected chi connectivity index (χ1v) is 6.61. The molecule has 0 aliphatic carbocycles. The number of nitrogens with zero attached hydrogens (tertiary/aromatic N) is 3. The number of aromatic nitrogens is 3. The van der Waals surface area contributed by atoms with Crippen LogP contribution in [0.25, 0.3) is 5.82 Å².